The van der Waals surface area contributed by atoms with Gasteiger partial charge >= 0.3 is 0 Å². The lowest BCUT2D eigenvalue weighted by Crippen LogP contribution is -2.62. The Morgan fingerprint density at radius 1 is 0.714 bits per heavy atom. The van der Waals surface area contributed by atoms with Crippen LogP contribution in [-0.2, 0) is 12.8 Å². The Bertz CT molecular complexity index is 744. The molecule has 28 heavy (non-hydrogen) atoms. The quantitative estimate of drug-likeness (QED) is 0.740. The van der Waals surface area contributed by atoms with E-state index in [9.17, 15) is 10.2 Å². The predicted octanol–water partition coefficient (Wildman–Crippen LogP) is 5.31. The largest absolute Gasteiger partial charge is 0.387 e. The molecular weight excluding hydrogens is 344 g/mol. The van der Waals surface area contributed by atoms with Gasteiger partial charge in [-0.25, -0.2) is 0 Å². The highest BCUT2D eigenvalue weighted by atomic mass is 16.4. The smallest absolute Gasteiger partial charge is 0.0964 e. The fourth-order valence-electron chi connectivity index (χ4n) is 5.89. The van der Waals surface area contributed by atoms with Crippen LogP contribution in [-0.4, -0.2) is 21.4 Å². The molecule has 2 saturated carbocycles. The molecule has 0 heterocycles. The Morgan fingerprint density at radius 3 is 2.04 bits per heavy atom. The molecule has 2 aliphatic rings. The van der Waals surface area contributed by atoms with Gasteiger partial charge in [0.25, 0.3) is 0 Å². The molecule has 150 valence electrons. The minimum atomic E-state index is -0.962. The van der Waals surface area contributed by atoms with Crippen molar-refractivity contribution in [3.05, 3.63) is 71.8 Å². The first kappa shape index (κ1) is 19.7. The molecule has 2 aromatic carbocycles. The molecular formula is C26H34O2. The van der Waals surface area contributed by atoms with E-state index in [1.54, 1.807) is 0 Å². The van der Waals surface area contributed by atoms with E-state index in [0.29, 0.717) is 5.92 Å². The van der Waals surface area contributed by atoms with Gasteiger partial charge in [0, 0.05) is 0 Å². The first-order valence-corrected chi connectivity index (χ1v) is 11.1. The third kappa shape index (κ3) is 4.04. The molecule has 2 N–H and O–H groups in total. The Hall–Kier alpha value is -1.64. The summed E-state index contributed by atoms with van der Waals surface area (Å²) in [6.45, 7) is 0. The van der Waals surface area contributed by atoms with Crippen molar-refractivity contribution in [3.63, 3.8) is 0 Å². The summed E-state index contributed by atoms with van der Waals surface area (Å²) in [5.41, 5.74) is 0.697. The highest BCUT2D eigenvalue weighted by molar-refractivity contribution is 5.19. The number of benzene rings is 2. The summed E-state index contributed by atoms with van der Waals surface area (Å²) in [6, 6.07) is 21.1. The summed E-state index contributed by atoms with van der Waals surface area (Å²) in [5, 5.41) is 23.7. The zero-order chi connectivity index (χ0) is 19.5. The van der Waals surface area contributed by atoms with Crippen LogP contribution in [0.1, 0.15) is 62.5 Å². The maximum Gasteiger partial charge on any atom is 0.0964 e. The zero-order valence-electron chi connectivity index (χ0n) is 16.9. The Labute approximate surface area is 169 Å². The number of hydrogen-bond donors (Lipinski definition) is 2. The van der Waals surface area contributed by atoms with Crippen LogP contribution in [0.2, 0.25) is 0 Å². The van der Waals surface area contributed by atoms with Crippen molar-refractivity contribution in [1.82, 2.24) is 0 Å². The van der Waals surface area contributed by atoms with Crippen LogP contribution >= 0.6 is 0 Å². The Kier molecular flexibility index (Phi) is 5.89. The molecule has 0 spiro atoms. The van der Waals surface area contributed by atoms with Crippen molar-refractivity contribution in [3.8, 4) is 0 Å². The third-order valence-corrected chi connectivity index (χ3v) is 7.36. The lowest BCUT2D eigenvalue weighted by molar-refractivity contribution is -0.214. The number of hydrogen-bond acceptors (Lipinski definition) is 2. The van der Waals surface area contributed by atoms with E-state index in [1.807, 2.05) is 6.07 Å². The molecule has 2 heteroatoms. The summed E-state index contributed by atoms with van der Waals surface area (Å²) >= 11 is 0. The van der Waals surface area contributed by atoms with Gasteiger partial charge in [0.15, 0.2) is 0 Å². The van der Waals surface area contributed by atoms with E-state index in [4.69, 9.17) is 0 Å². The second-order valence-corrected chi connectivity index (χ2v) is 9.24. The van der Waals surface area contributed by atoms with Gasteiger partial charge in [0.1, 0.15) is 0 Å². The Morgan fingerprint density at radius 2 is 1.36 bits per heavy atom. The van der Waals surface area contributed by atoms with E-state index in [-0.39, 0.29) is 5.92 Å². The maximum atomic E-state index is 11.9. The van der Waals surface area contributed by atoms with Gasteiger partial charge in [-0.2, -0.15) is 0 Å². The summed E-state index contributed by atoms with van der Waals surface area (Å²) < 4.78 is 0. The second-order valence-electron chi connectivity index (χ2n) is 9.24. The summed E-state index contributed by atoms with van der Waals surface area (Å²) in [5.74, 6) is 0.591. The van der Waals surface area contributed by atoms with Crippen molar-refractivity contribution in [2.45, 2.75) is 75.4 Å². The number of rotatable bonds is 5. The average molecular weight is 379 g/mol. The molecule has 2 aromatic rings. The first-order valence-electron chi connectivity index (χ1n) is 11.1. The molecule has 2 fully saturated rings. The van der Waals surface area contributed by atoms with Gasteiger partial charge in [-0.15, -0.1) is 0 Å². The van der Waals surface area contributed by atoms with Crippen molar-refractivity contribution in [2.75, 3.05) is 0 Å². The van der Waals surface area contributed by atoms with Crippen LogP contribution in [0.15, 0.2) is 60.7 Å². The fraction of sp³-hybridized carbons (Fsp3) is 0.538. The van der Waals surface area contributed by atoms with Crippen molar-refractivity contribution >= 4 is 0 Å². The summed E-state index contributed by atoms with van der Waals surface area (Å²) in [6.07, 6.45) is 9.41. The van der Waals surface area contributed by atoms with Gasteiger partial charge in [-0.05, 0) is 67.9 Å². The van der Waals surface area contributed by atoms with Crippen LogP contribution in [0.25, 0.3) is 0 Å². The molecule has 0 aromatic heterocycles. The van der Waals surface area contributed by atoms with Crippen molar-refractivity contribution in [2.24, 2.45) is 11.8 Å². The molecule has 4 unspecified atom stereocenters. The monoisotopic (exact) mass is 378 g/mol. The fourth-order valence-corrected chi connectivity index (χ4v) is 5.89. The molecule has 0 amide bonds. The molecule has 2 aliphatic carbocycles. The lowest BCUT2D eigenvalue weighted by Gasteiger charge is -2.53. The Balaban J connectivity index is 1.53. The SMILES string of the molecule is OC1(C2(O)CCCCC2Cc2ccccc2)CCCC(Cc2ccccc2)C1. The molecule has 0 saturated heterocycles. The highest BCUT2D eigenvalue weighted by Gasteiger charge is 2.55. The van der Waals surface area contributed by atoms with E-state index in [1.165, 1.54) is 11.1 Å². The predicted molar refractivity (Wildman–Crippen MR) is 114 cm³/mol. The van der Waals surface area contributed by atoms with Gasteiger partial charge in [-0.1, -0.05) is 79.9 Å². The minimum Gasteiger partial charge on any atom is -0.387 e. The summed E-state index contributed by atoms with van der Waals surface area (Å²) in [4.78, 5) is 0. The molecule has 4 rings (SSSR count). The molecule has 2 nitrogen and oxygen atoms in total. The van der Waals surface area contributed by atoms with Crippen LogP contribution in [0.3, 0.4) is 0 Å². The van der Waals surface area contributed by atoms with Gasteiger partial charge in [-0.3, -0.25) is 0 Å². The van der Waals surface area contributed by atoms with E-state index in [2.05, 4.69) is 54.6 Å². The second kappa shape index (κ2) is 8.39. The van der Waals surface area contributed by atoms with E-state index in [0.717, 1.165) is 64.2 Å². The van der Waals surface area contributed by atoms with Crippen molar-refractivity contribution in [1.29, 1.82) is 0 Å². The van der Waals surface area contributed by atoms with Gasteiger partial charge < -0.3 is 10.2 Å². The zero-order valence-corrected chi connectivity index (χ0v) is 16.9. The first-order chi connectivity index (χ1) is 13.6. The standard InChI is InChI=1S/C26H34O2/c27-25(16-9-14-23(20-25)18-21-10-3-1-4-11-21)26(28)17-8-7-15-24(26)19-22-12-5-2-6-13-22/h1-6,10-13,23-24,27-28H,7-9,14-20H2. The van der Waals surface area contributed by atoms with Crippen LogP contribution in [0.4, 0.5) is 0 Å². The van der Waals surface area contributed by atoms with Crippen LogP contribution in [0.5, 0.6) is 0 Å². The topological polar surface area (TPSA) is 40.5 Å². The highest BCUT2D eigenvalue weighted by Crippen LogP contribution is 2.50. The van der Waals surface area contributed by atoms with E-state index < -0.39 is 11.2 Å². The van der Waals surface area contributed by atoms with Gasteiger partial charge in [0.2, 0.25) is 0 Å². The lowest BCUT2D eigenvalue weighted by atomic mass is 9.58. The maximum absolute atomic E-state index is 11.9. The number of aliphatic hydroxyl groups is 2. The van der Waals surface area contributed by atoms with Gasteiger partial charge in [0.05, 0.1) is 11.2 Å². The summed E-state index contributed by atoms with van der Waals surface area (Å²) in [7, 11) is 0. The van der Waals surface area contributed by atoms with Crippen LogP contribution in [0, 0.1) is 11.8 Å². The minimum absolute atomic E-state index is 0.143. The van der Waals surface area contributed by atoms with Crippen LogP contribution < -0.4 is 0 Å². The third-order valence-electron chi connectivity index (χ3n) is 7.36. The normalized spacial score (nSPS) is 33.5. The average Bonchev–Trinajstić information content (AvgIpc) is 2.71. The van der Waals surface area contributed by atoms with E-state index >= 15 is 0 Å². The molecule has 4 atom stereocenters. The van der Waals surface area contributed by atoms with Crippen molar-refractivity contribution < 1.29 is 10.2 Å². The molecule has 0 aliphatic heterocycles. The molecule has 0 bridgehead atoms. The molecule has 0 radical (unpaired) electrons.